The van der Waals surface area contributed by atoms with Gasteiger partial charge in [0.2, 0.25) is 0 Å². The fourth-order valence-electron chi connectivity index (χ4n) is 9.71. The summed E-state index contributed by atoms with van der Waals surface area (Å²) in [4.78, 5) is 13.8. The molecule has 0 atom stereocenters. The molecule has 0 fully saturated rings. The number of pyridine rings is 3. The van der Waals surface area contributed by atoms with E-state index < -0.39 is 0 Å². The van der Waals surface area contributed by atoms with Gasteiger partial charge in [0, 0.05) is 64.0 Å². The zero-order valence-corrected chi connectivity index (χ0v) is 30.0. The summed E-state index contributed by atoms with van der Waals surface area (Å²) in [6.45, 7) is 3.99. The minimum atomic E-state index is 0.725. The maximum Gasteiger partial charge on any atom is 0.137 e. The summed E-state index contributed by atoms with van der Waals surface area (Å²) in [6, 6.07) is 26.4. The van der Waals surface area contributed by atoms with Gasteiger partial charge in [-0.05, 0) is 156 Å². The Morgan fingerprint density at radius 3 is 2.19 bits per heavy atom. The smallest absolute Gasteiger partial charge is 0.137 e. The number of hydrogen-bond donors (Lipinski definition) is 1. The normalized spacial score (nSPS) is 14.7. The molecule has 3 aliphatic carbocycles. The molecule has 0 saturated carbocycles. The van der Waals surface area contributed by atoms with Crippen LogP contribution in [0.5, 0.6) is 0 Å². The molecule has 0 aliphatic heterocycles. The molecule has 0 spiro atoms. The van der Waals surface area contributed by atoms with Gasteiger partial charge in [-0.25, -0.2) is 4.98 Å². The number of rotatable bonds is 6. The molecule has 2 N–H and O–H groups in total. The highest BCUT2D eigenvalue weighted by Crippen LogP contribution is 2.51. The van der Waals surface area contributed by atoms with Gasteiger partial charge in [-0.15, -0.1) is 6.58 Å². The number of aromatic nitrogens is 5. The largest absolute Gasteiger partial charge is 0.385 e. The number of nitrogens with zero attached hydrogens (tertiary/aromatic N) is 5. The van der Waals surface area contributed by atoms with Crippen molar-refractivity contribution in [2.24, 2.45) is 5.73 Å². The number of fused-ring (bicyclic) bond motifs is 8. The summed E-state index contributed by atoms with van der Waals surface area (Å²) in [5.41, 5.74) is 26.8. The summed E-state index contributed by atoms with van der Waals surface area (Å²) in [5, 5.41) is 3.86. The van der Waals surface area contributed by atoms with E-state index in [-0.39, 0.29) is 0 Å². The highest BCUT2D eigenvalue weighted by atomic mass is 15.1. The zero-order chi connectivity index (χ0) is 35.9. The van der Waals surface area contributed by atoms with Crippen molar-refractivity contribution < 1.29 is 0 Å². The van der Waals surface area contributed by atoms with Gasteiger partial charge in [-0.3, -0.25) is 19.1 Å². The molecular formula is C48H38N6. The van der Waals surface area contributed by atoms with Crippen LogP contribution in [0, 0.1) is 0 Å². The van der Waals surface area contributed by atoms with Gasteiger partial charge < -0.3 is 5.73 Å². The quantitative estimate of drug-likeness (QED) is 0.176. The second-order valence-corrected chi connectivity index (χ2v) is 14.8. The third-order valence-electron chi connectivity index (χ3n) is 12.0. The van der Waals surface area contributed by atoms with Gasteiger partial charge in [0.25, 0.3) is 0 Å². The van der Waals surface area contributed by atoms with Crippen LogP contribution in [-0.2, 0) is 32.1 Å². The van der Waals surface area contributed by atoms with Crippen molar-refractivity contribution in [1.29, 1.82) is 0 Å². The molecule has 3 aliphatic rings. The Morgan fingerprint density at radius 1 is 0.704 bits per heavy atom. The molecule has 6 heteroatoms. The molecule has 3 aromatic carbocycles. The van der Waals surface area contributed by atoms with E-state index in [9.17, 15) is 0 Å². The number of aryl methyl sites for hydroxylation is 4. The van der Waals surface area contributed by atoms with E-state index >= 15 is 0 Å². The van der Waals surface area contributed by atoms with Crippen LogP contribution in [0.2, 0.25) is 0 Å². The van der Waals surface area contributed by atoms with E-state index in [1.165, 1.54) is 94.0 Å². The van der Waals surface area contributed by atoms with E-state index in [0.717, 1.165) is 62.1 Å². The van der Waals surface area contributed by atoms with E-state index in [4.69, 9.17) is 10.7 Å². The fraction of sp³-hybridized carbons (Fsp3) is 0.146. The summed E-state index contributed by atoms with van der Waals surface area (Å²) in [7, 11) is 0. The number of nitrogens with two attached hydrogens (primary N) is 1. The summed E-state index contributed by atoms with van der Waals surface area (Å²) < 4.78 is 4.80. The average Bonchev–Trinajstić information content (AvgIpc) is 3.74. The molecule has 0 bridgehead atoms. The Balaban J connectivity index is 1.21. The van der Waals surface area contributed by atoms with Gasteiger partial charge in [-0.2, -0.15) is 0 Å². The van der Waals surface area contributed by atoms with Gasteiger partial charge in [0.05, 0.1) is 16.6 Å². The Bertz CT molecular complexity index is 2910. The van der Waals surface area contributed by atoms with E-state index in [1.807, 2.05) is 55.3 Å². The molecule has 11 rings (SSSR count). The first-order valence-corrected chi connectivity index (χ1v) is 19.0. The second kappa shape index (κ2) is 12.0. The van der Waals surface area contributed by atoms with Gasteiger partial charge >= 0.3 is 0 Å². The van der Waals surface area contributed by atoms with Crippen LogP contribution in [0.25, 0.3) is 78.3 Å². The molecule has 6 nitrogen and oxygen atoms in total. The van der Waals surface area contributed by atoms with Crippen LogP contribution in [-0.4, -0.2) is 24.1 Å². The summed E-state index contributed by atoms with van der Waals surface area (Å²) in [5.74, 6) is 1.73. The average molecular weight is 699 g/mol. The summed E-state index contributed by atoms with van der Waals surface area (Å²) in [6.07, 6.45) is 22.5. The summed E-state index contributed by atoms with van der Waals surface area (Å²) >= 11 is 0. The predicted octanol–water partition coefficient (Wildman–Crippen LogP) is 10.3. The molecule has 8 aromatic rings. The zero-order valence-electron chi connectivity index (χ0n) is 30.0. The molecule has 0 unspecified atom stereocenters. The van der Waals surface area contributed by atoms with Crippen molar-refractivity contribution in [1.82, 2.24) is 24.1 Å². The first kappa shape index (κ1) is 31.0. The molecule has 54 heavy (non-hydrogen) atoms. The predicted molar refractivity (Wildman–Crippen MR) is 221 cm³/mol. The molecule has 0 amide bonds. The molecule has 0 saturated heterocycles. The lowest BCUT2D eigenvalue weighted by molar-refractivity contribution is 0.870. The van der Waals surface area contributed by atoms with E-state index in [1.54, 1.807) is 0 Å². The van der Waals surface area contributed by atoms with Crippen LogP contribution in [0.3, 0.4) is 0 Å². The lowest BCUT2D eigenvalue weighted by atomic mass is 9.73. The number of hydrogen-bond acceptors (Lipinski definition) is 4. The fourth-order valence-corrected chi connectivity index (χ4v) is 9.71. The Kier molecular flexibility index (Phi) is 6.90. The number of allylic oxidation sites excluding steroid dienone is 3. The number of benzene rings is 3. The third kappa shape index (κ3) is 4.49. The topological polar surface area (TPSA) is 74.6 Å². The van der Waals surface area contributed by atoms with Crippen LogP contribution in [0.4, 0.5) is 0 Å². The first-order chi connectivity index (χ1) is 26.7. The molecule has 260 valence electrons. The van der Waals surface area contributed by atoms with Crippen molar-refractivity contribution in [2.75, 3.05) is 0 Å². The van der Waals surface area contributed by atoms with Crippen molar-refractivity contribution >= 4 is 50.2 Å². The highest BCUT2D eigenvalue weighted by Gasteiger charge is 2.34. The molecule has 0 radical (unpaired) electrons. The Hall–Kier alpha value is -6.53. The highest BCUT2D eigenvalue weighted by molar-refractivity contribution is 6.14. The van der Waals surface area contributed by atoms with Crippen molar-refractivity contribution in [3.8, 4) is 28.1 Å². The minimum Gasteiger partial charge on any atom is -0.385 e. The van der Waals surface area contributed by atoms with Crippen LogP contribution < -0.4 is 5.73 Å². The minimum absolute atomic E-state index is 0.725. The van der Waals surface area contributed by atoms with Crippen molar-refractivity contribution in [2.45, 2.75) is 44.9 Å². The monoisotopic (exact) mass is 698 g/mol. The first-order valence-electron chi connectivity index (χ1n) is 19.0. The third-order valence-corrected chi connectivity index (χ3v) is 12.0. The van der Waals surface area contributed by atoms with Gasteiger partial charge in [0.15, 0.2) is 0 Å². The SMILES string of the molecule is C=CC/C=C(\N)n1c2c(c3cc4c5c(c31)CCc1c-5c(cc3c5cc(-c6cccnc6)ccc5n(-c5ccccn5)c13)CC4)C=C(c1cccnc1)CC2. The van der Waals surface area contributed by atoms with E-state index in [2.05, 4.69) is 92.4 Å². The molecular weight excluding hydrogens is 661 g/mol. The lowest BCUT2D eigenvalue weighted by Gasteiger charge is -2.31. The maximum atomic E-state index is 7.06. The Morgan fingerprint density at radius 2 is 1.46 bits per heavy atom. The molecule has 5 aromatic heterocycles. The van der Waals surface area contributed by atoms with Crippen LogP contribution in [0.1, 0.15) is 51.9 Å². The van der Waals surface area contributed by atoms with Crippen LogP contribution in [0.15, 0.2) is 123 Å². The maximum absolute atomic E-state index is 7.06. The molecule has 5 heterocycles. The second-order valence-electron chi connectivity index (χ2n) is 14.8. The van der Waals surface area contributed by atoms with E-state index in [0.29, 0.717) is 0 Å². The van der Waals surface area contributed by atoms with Crippen molar-refractivity contribution in [3.63, 3.8) is 0 Å². The van der Waals surface area contributed by atoms with Gasteiger partial charge in [0.1, 0.15) is 11.6 Å². The van der Waals surface area contributed by atoms with Crippen LogP contribution >= 0.6 is 0 Å². The van der Waals surface area contributed by atoms with Crippen molar-refractivity contribution in [3.05, 3.63) is 162 Å². The standard InChI is InChI=1S/C48H38N6/c1-2-3-10-43(49)53-41-18-14-29(33-8-6-20-50-27-33)23-37(41)39-25-31-12-13-32-26-40-38-24-30(34-9-7-21-51-28-34)15-19-42(38)54(44-11-4-5-22-52-44)48(40)36-17-16-35(47(39)53)45(31)46(32)36/h2,4-11,15,19-28H,1,3,12-14,16-18,49H2/b43-10+. The Labute approximate surface area is 313 Å². The van der Waals surface area contributed by atoms with Gasteiger partial charge in [-0.1, -0.05) is 30.3 Å². The lowest BCUT2D eigenvalue weighted by Crippen LogP contribution is -2.17.